The predicted molar refractivity (Wildman–Crippen MR) is 66.8 cm³/mol. The third kappa shape index (κ3) is 5.36. The molecule has 1 rings (SSSR count). The topological polar surface area (TPSA) is 26.0 Å². The summed E-state index contributed by atoms with van der Waals surface area (Å²) < 4.78 is 0. The molecule has 0 spiro atoms. The highest BCUT2D eigenvalue weighted by atomic mass is 31.1. The minimum atomic E-state index is 0.848. The second-order valence-corrected chi connectivity index (χ2v) is 4.93. The van der Waals surface area contributed by atoms with Crippen LogP contribution in [0.4, 0.5) is 0 Å². The zero-order valence-electron chi connectivity index (χ0n) is 8.71. The average Bonchev–Trinajstić information content (AvgIpc) is 2.25. The van der Waals surface area contributed by atoms with Crippen molar-refractivity contribution in [3.8, 4) is 0 Å². The standard InChI is InChI=1S/C12H20NP/c13-10-6-1-2-7-11-14-12-8-4-3-5-9-12/h3-5,8-9,14H,1-2,6-7,10-11,13H2. The van der Waals surface area contributed by atoms with E-state index >= 15 is 0 Å². The summed E-state index contributed by atoms with van der Waals surface area (Å²) in [6.45, 7) is 0.848. The Bertz CT molecular complexity index is 223. The molecule has 1 atom stereocenters. The molecule has 0 aliphatic rings. The van der Waals surface area contributed by atoms with Crippen LogP contribution in [0, 0.1) is 0 Å². The van der Waals surface area contributed by atoms with Gasteiger partial charge in [0.1, 0.15) is 0 Å². The molecule has 1 unspecified atom stereocenters. The number of rotatable bonds is 7. The largest absolute Gasteiger partial charge is 0.330 e. The smallest absolute Gasteiger partial charge is 0.00773 e. The lowest BCUT2D eigenvalue weighted by atomic mass is 10.2. The van der Waals surface area contributed by atoms with E-state index in [2.05, 4.69) is 30.3 Å². The van der Waals surface area contributed by atoms with Crippen LogP contribution >= 0.6 is 8.58 Å². The molecule has 78 valence electrons. The Kier molecular flexibility index (Phi) is 6.65. The van der Waals surface area contributed by atoms with Crippen LogP contribution in [0.2, 0.25) is 0 Å². The number of benzene rings is 1. The highest BCUT2D eigenvalue weighted by Gasteiger charge is 1.92. The minimum Gasteiger partial charge on any atom is -0.330 e. The van der Waals surface area contributed by atoms with Gasteiger partial charge in [0.05, 0.1) is 0 Å². The molecule has 0 aromatic heterocycles. The number of unbranched alkanes of at least 4 members (excludes halogenated alkanes) is 3. The molecule has 0 saturated carbocycles. The van der Waals surface area contributed by atoms with Gasteiger partial charge in [0.2, 0.25) is 0 Å². The fourth-order valence-corrected chi connectivity index (χ4v) is 2.56. The summed E-state index contributed by atoms with van der Waals surface area (Å²) >= 11 is 0. The SMILES string of the molecule is NCCCCCCPc1ccccc1. The summed E-state index contributed by atoms with van der Waals surface area (Å²) in [6, 6.07) is 10.8. The second-order valence-electron chi connectivity index (χ2n) is 3.50. The van der Waals surface area contributed by atoms with Crippen LogP contribution in [0.25, 0.3) is 0 Å². The molecule has 0 saturated heterocycles. The minimum absolute atomic E-state index is 0.848. The van der Waals surface area contributed by atoms with Crippen LogP contribution in [0.15, 0.2) is 30.3 Å². The molecule has 0 aliphatic carbocycles. The molecule has 0 fully saturated rings. The lowest BCUT2D eigenvalue weighted by Gasteiger charge is -2.01. The lowest BCUT2D eigenvalue weighted by molar-refractivity contribution is 0.678. The van der Waals surface area contributed by atoms with Gasteiger partial charge in [-0.25, -0.2) is 0 Å². The second kappa shape index (κ2) is 7.96. The van der Waals surface area contributed by atoms with Gasteiger partial charge in [-0.1, -0.05) is 51.8 Å². The van der Waals surface area contributed by atoms with E-state index < -0.39 is 0 Å². The van der Waals surface area contributed by atoms with Gasteiger partial charge in [0, 0.05) is 0 Å². The van der Waals surface area contributed by atoms with Crippen molar-refractivity contribution in [2.45, 2.75) is 25.7 Å². The Morgan fingerprint density at radius 2 is 1.64 bits per heavy atom. The van der Waals surface area contributed by atoms with Crippen LogP contribution in [0.5, 0.6) is 0 Å². The van der Waals surface area contributed by atoms with Crippen molar-refractivity contribution in [1.29, 1.82) is 0 Å². The van der Waals surface area contributed by atoms with E-state index in [1.807, 2.05) is 0 Å². The Morgan fingerprint density at radius 3 is 2.36 bits per heavy atom. The van der Waals surface area contributed by atoms with E-state index in [4.69, 9.17) is 5.73 Å². The number of hydrogen-bond donors (Lipinski definition) is 1. The summed E-state index contributed by atoms with van der Waals surface area (Å²) in [5, 5.41) is 1.49. The monoisotopic (exact) mass is 209 g/mol. The first-order valence-corrected chi connectivity index (χ1v) is 6.63. The van der Waals surface area contributed by atoms with Crippen molar-refractivity contribution in [3.05, 3.63) is 30.3 Å². The lowest BCUT2D eigenvalue weighted by Crippen LogP contribution is -1.98. The Balaban J connectivity index is 1.99. The van der Waals surface area contributed by atoms with Crippen molar-refractivity contribution in [3.63, 3.8) is 0 Å². The van der Waals surface area contributed by atoms with E-state index in [0.717, 1.165) is 15.1 Å². The molecule has 0 amide bonds. The first-order chi connectivity index (χ1) is 6.93. The summed E-state index contributed by atoms with van der Waals surface area (Å²) in [6.07, 6.45) is 6.53. The fraction of sp³-hybridized carbons (Fsp3) is 0.500. The molecule has 2 heteroatoms. The molecule has 0 aliphatic heterocycles. The predicted octanol–water partition coefficient (Wildman–Crippen LogP) is 2.51. The number of hydrogen-bond acceptors (Lipinski definition) is 1. The molecular weight excluding hydrogens is 189 g/mol. The fourth-order valence-electron chi connectivity index (χ4n) is 1.41. The maximum atomic E-state index is 5.44. The van der Waals surface area contributed by atoms with Crippen molar-refractivity contribution >= 4 is 13.9 Å². The van der Waals surface area contributed by atoms with Crippen LogP contribution < -0.4 is 11.0 Å². The molecule has 2 N–H and O–H groups in total. The molecule has 0 bridgehead atoms. The van der Waals surface area contributed by atoms with Crippen LogP contribution in [0.1, 0.15) is 25.7 Å². The molecule has 0 radical (unpaired) electrons. The van der Waals surface area contributed by atoms with Crippen LogP contribution in [-0.4, -0.2) is 12.7 Å². The molecule has 1 aromatic carbocycles. The quantitative estimate of drug-likeness (QED) is 0.542. The third-order valence-electron chi connectivity index (χ3n) is 2.23. The van der Waals surface area contributed by atoms with E-state index in [0.29, 0.717) is 0 Å². The van der Waals surface area contributed by atoms with Crippen molar-refractivity contribution < 1.29 is 0 Å². The van der Waals surface area contributed by atoms with Gasteiger partial charge in [0.15, 0.2) is 0 Å². The van der Waals surface area contributed by atoms with Gasteiger partial charge >= 0.3 is 0 Å². The molecule has 1 aromatic rings. The number of nitrogens with two attached hydrogens (primary N) is 1. The molecule has 14 heavy (non-hydrogen) atoms. The van der Waals surface area contributed by atoms with Crippen LogP contribution in [-0.2, 0) is 0 Å². The van der Waals surface area contributed by atoms with Gasteiger partial charge in [-0.2, -0.15) is 0 Å². The Hall–Kier alpha value is -0.390. The van der Waals surface area contributed by atoms with E-state index in [9.17, 15) is 0 Å². The zero-order chi connectivity index (χ0) is 10.1. The maximum Gasteiger partial charge on any atom is -0.00773 e. The maximum absolute atomic E-state index is 5.44. The van der Waals surface area contributed by atoms with Crippen molar-refractivity contribution in [2.24, 2.45) is 5.73 Å². The summed E-state index contributed by atoms with van der Waals surface area (Å²) in [7, 11) is 0.985. The van der Waals surface area contributed by atoms with Gasteiger partial charge in [-0.15, -0.1) is 0 Å². The summed E-state index contributed by atoms with van der Waals surface area (Å²) in [4.78, 5) is 0. The van der Waals surface area contributed by atoms with E-state index in [1.54, 1.807) is 0 Å². The average molecular weight is 209 g/mol. The highest BCUT2D eigenvalue weighted by molar-refractivity contribution is 7.47. The third-order valence-corrected chi connectivity index (χ3v) is 3.58. The highest BCUT2D eigenvalue weighted by Crippen LogP contribution is 2.13. The summed E-state index contributed by atoms with van der Waals surface area (Å²) in [5.41, 5.74) is 5.44. The van der Waals surface area contributed by atoms with Gasteiger partial charge in [-0.05, 0) is 30.9 Å². The molecular formula is C12H20NP. The Morgan fingerprint density at radius 1 is 0.929 bits per heavy atom. The van der Waals surface area contributed by atoms with Gasteiger partial charge < -0.3 is 5.73 Å². The molecule has 0 heterocycles. The van der Waals surface area contributed by atoms with Gasteiger partial charge in [-0.3, -0.25) is 0 Å². The first-order valence-electron chi connectivity index (χ1n) is 5.42. The van der Waals surface area contributed by atoms with E-state index in [1.165, 1.54) is 37.1 Å². The van der Waals surface area contributed by atoms with Crippen molar-refractivity contribution in [2.75, 3.05) is 12.7 Å². The first kappa shape index (κ1) is 11.7. The van der Waals surface area contributed by atoms with Crippen LogP contribution in [0.3, 0.4) is 0 Å². The Labute approximate surface area is 88.9 Å². The summed E-state index contributed by atoms with van der Waals surface area (Å²) in [5.74, 6) is 0. The van der Waals surface area contributed by atoms with Crippen molar-refractivity contribution in [1.82, 2.24) is 0 Å². The molecule has 1 nitrogen and oxygen atoms in total. The van der Waals surface area contributed by atoms with E-state index in [-0.39, 0.29) is 0 Å². The normalized spacial score (nSPS) is 11.2. The zero-order valence-corrected chi connectivity index (χ0v) is 9.71. The van der Waals surface area contributed by atoms with Gasteiger partial charge in [0.25, 0.3) is 0 Å².